The van der Waals surface area contributed by atoms with Gasteiger partial charge in [0.25, 0.3) is 0 Å². The Bertz CT molecular complexity index is 1900. The summed E-state index contributed by atoms with van der Waals surface area (Å²) in [6, 6.07) is 0. The van der Waals surface area contributed by atoms with Gasteiger partial charge in [-0.05, 0) is 133 Å². The first-order chi connectivity index (χ1) is 26.5. The van der Waals surface area contributed by atoms with E-state index >= 15 is 0 Å². The second-order valence-corrected chi connectivity index (χ2v) is 17.8. The lowest BCUT2D eigenvalue weighted by molar-refractivity contribution is -0.171. The van der Waals surface area contributed by atoms with Gasteiger partial charge in [-0.2, -0.15) is 0 Å². The smallest absolute Gasteiger partial charge is 0.333 e. The summed E-state index contributed by atoms with van der Waals surface area (Å²) in [5, 5.41) is 23.8. The van der Waals surface area contributed by atoms with E-state index in [1.807, 2.05) is 46.8 Å². The third kappa shape index (κ3) is 7.58. The molecule has 1 saturated carbocycles. The molecule has 4 atom stereocenters. The fourth-order valence-corrected chi connectivity index (χ4v) is 9.70. The van der Waals surface area contributed by atoms with Gasteiger partial charge in [0.05, 0.1) is 12.2 Å². The molecule has 4 bridgehead atoms. The van der Waals surface area contributed by atoms with Gasteiger partial charge in [0, 0.05) is 40.5 Å². The summed E-state index contributed by atoms with van der Waals surface area (Å²) in [7, 11) is 0. The van der Waals surface area contributed by atoms with Gasteiger partial charge in [-0.1, -0.05) is 53.5 Å². The van der Waals surface area contributed by atoms with Gasteiger partial charge in [0.15, 0.2) is 22.8 Å². The van der Waals surface area contributed by atoms with Crippen molar-refractivity contribution >= 4 is 17.5 Å². The van der Waals surface area contributed by atoms with Crippen molar-refractivity contribution < 1.29 is 38.8 Å². The fraction of sp³-hybridized carbons (Fsp3) is 0.596. The Kier molecular flexibility index (Phi) is 12.3. The molecule has 3 aliphatic carbocycles. The molecule has 1 aromatic carbocycles. The number of carbonyl (C=O) groups is 3. The number of hydrogen-bond acceptors (Lipinski definition) is 9. The molecule has 3 fully saturated rings. The topological polar surface area (TPSA) is 123 Å². The first kappa shape index (κ1) is 41.7. The Labute approximate surface area is 333 Å². The van der Waals surface area contributed by atoms with Crippen LogP contribution >= 0.6 is 0 Å². The van der Waals surface area contributed by atoms with Crippen molar-refractivity contribution in [2.75, 3.05) is 26.2 Å². The summed E-state index contributed by atoms with van der Waals surface area (Å²) in [5.74, 6) is -2.42. The molecule has 9 nitrogen and oxygen atoms in total. The van der Waals surface area contributed by atoms with E-state index in [1.165, 1.54) is 24.8 Å². The Hall–Kier alpha value is -3.95. The third-order valence-corrected chi connectivity index (χ3v) is 12.7. The number of esters is 1. The van der Waals surface area contributed by atoms with Crippen molar-refractivity contribution in [3.8, 4) is 17.2 Å². The second-order valence-electron chi connectivity index (χ2n) is 17.8. The minimum absolute atomic E-state index is 0.00497. The van der Waals surface area contributed by atoms with E-state index in [0.717, 1.165) is 56.5 Å². The lowest BCUT2D eigenvalue weighted by Gasteiger charge is -2.56. The van der Waals surface area contributed by atoms with Crippen LogP contribution in [-0.4, -0.2) is 75.7 Å². The number of phenolic OH excluding ortho intramolecular Hbond substituents is 2. The molecule has 56 heavy (non-hydrogen) atoms. The summed E-state index contributed by atoms with van der Waals surface area (Å²) in [4.78, 5) is 45.2. The number of aromatic hydroxyl groups is 2. The first-order valence-electron chi connectivity index (χ1n) is 20.8. The molecule has 2 saturated heterocycles. The van der Waals surface area contributed by atoms with Crippen LogP contribution in [0.15, 0.2) is 58.2 Å². The van der Waals surface area contributed by atoms with Crippen LogP contribution in [-0.2, 0) is 31.9 Å². The van der Waals surface area contributed by atoms with Gasteiger partial charge in [-0.3, -0.25) is 9.59 Å². The summed E-state index contributed by atoms with van der Waals surface area (Å²) in [6.45, 7) is 19.2. The standard InChI is InChI=1S/C47H63NO8/c1-29(2)15-14-16-31(5)18-20-34-39(49)35(19-17-30(3)4)42-38(40(34)50)41(51)36-27-33-28-37-45(7,8)56-46(43(33)52,47(36,37)55-42)22-21-32(6)44(53)54-26-13-12-25-48-23-10-9-11-24-48/h15,17-18,21,27,33,37,49-50H,9-14,16,19-20,22-26,28H2,1-8H3/b31-18+,32-21-/t33-,37-,46+,47-/m1/s1. The number of piperidine rings is 1. The number of nitrogens with zero attached hydrogens (tertiary/aromatic N) is 1. The van der Waals surface area contributed by atoms with Crippen molar-refractivity contribution in [3.05, 3.63) is 74.9 Å². The number of carbonyl (C=O) groups excluding carboxylic acids is 3. The van der Waals surface area contributed by atoms with Crippen LogP contribution in [0.4, 0.5) is 0 Å². The summed E-state index contributed by atoms with van der Waals surface area (Å²) >= 11 is 0. The molecule has 6 aliphatic rings. The van der Waals surface area contributed by atoms with E-state index in [1.54, 1.807) is 19.1 Å². The maximum absolute atomic E-state index is 15.0. The van der Waals surface area contributed by atoms with E-state index in [0.29, 0.717) is 29.7 Å². The number of benzene rings is 1. The molecule has 0 radical (unpaired) electrons. The molecule has 3 heterocycles. The van der Waals surface area contributed by atoms with E-state index in [9.17, 15) is 24.6 Å². The van der Waals surface area contributed by atoms with Gasteiger partial charge in [-0.15, -0.1) is 0 Å². The van der Waals surface area contributed by atoms with Crippen LogP contribution in [0.1, 0.15) is 135 Å². The Morgan fingerprint density at radius 2 is 1.61 bits per heavy atom. The molecule has 0 unspecified atom stereocenters. The number of fused-ring (bicyclic) bond motifs is 1. The first-order valence-corrected chi connectivity index (χ1v) is 20.8. The predicted molar refractivity (Wildman–Crippen MR) is 218 cm³/mol. The van der Waals surface area contributed by atoms with Crippen LogP contribution in [0.5, 0.6) is 17.2 Å². The number of rotatable bonds is 15. The van der Waals surface area contributed by atoms with E-state index in [4.69, 9.17) is 14.2 Å². The fourth-order valence-electron chi connectivity index (χ4n) is 9.70. The maximum atomic E-state index is 15.0. The Balaban J connectivity index is 1.33. The van der Waals surface area contributed by atoms with E-state index < -0.39 is 40.4 Å². The number of likely N-dealkylation sites (tertiary alicyclic amines) is 1. The zero-order valence-corrected chi connectivity index (χ0v) is 34.9. The highest BCUT2D eigenvalue weighted by molar-refractivity contribution is 6.18. The number of allylic oxidation sites excluding steroid dienone is 7. The Morgan fingerprint density at radius 3 is 2.30 bits per heavy atom. The molecule has 2 N–H and O–H groups in total. The maximum Gasteiger partial charge on any atom is 0.333 e. The number of phenols is 2. The van der Waals surface area contributed by atoms with Gasteiger partial charge >= 0.3 is 5.97 Å². The molecule has 1 spiro atoms. The van der Waals surface area contributed by atoms with Gasteiger partial charge in [-0.25, -0.2) is 4.79 Å². The van der Waals surface area contributed by atoms with Crippen LogP contribution in [0.3, 0.4) is 0 Å². The Morgan fingerprint density at radius 1 is 0.911 bits per heavy atom. The largest absolute Gasteiger partial charge is 0.507 e. The van der Waals surface area contributed by atoms with E-state index in [2.05, 4.69) is 24.8 Å². The average molecular weight is 770 g/mol. The van der Waals surface area contributed by atoms with Crippen LogP contribution < -0.4 is 4.74 Å². The predicted octanol–water partition coefficient (Wildman–Crippen LogP) is 8.99. The zero-order chi connectivity index (χ0) is 40.6. The molecule has 7 rings (SSSR count). The van der Waals surface area contributed by atoms with Crippen molar-refractivity contribution in [3.63, 3.8) is 0 Å². The summed E-state index contributed by atoms with van der Waals surface area (Å²) in [5.41, 5.74) is 0.630. The van der Waals surface area contributed by atoms with E-state index in [-0.39, 0.29) is 53.4 Å². The van der Waals surface area contributed by atoms with Crippen molar-refractivity contribution in [1.29, 1.82) is 0 Å². The summed E-state index contributed by atoms with van der Waals surface area (Å²) in [6.07, 6.45) is 17.7. The highest BCUT2D eigenvalue weighted by atomic mass is 16.6. The minimum Gasteiger partial charge on any atom is -0.507 e. The SMILES string of the molecule is CC(C)=CCC/C(C)=C/Cc1c(O)c(CC=C(C)C)c2c(c1O)C(=O)C1=C[C@@H]3C[C@@H]4C(C)(C)O[C@@](C/C=C(/C)C(=O)OCCCCN5CCCCC5)(C3=O)[C@@]14O2. The molecule has 3 aliphatic heterocycles. The number of hydrogen-bond donors (Lipinski definition) is 2. The quantitative estimate of drug-likeness (QED) is 0.0779. The number of ketones is 2. The van der Waals surface area contributed by atoms with Crippen molar-refractivity contribution in [1.82, 2.24) is 4.90 Å². The van der Waals surface area contributed by atoms with Crippen molar-refractivity contribution in [2.24, 2.45) is 11.8 Å². The number of unbranched alkanes of at least 4 members (excludes halogenated alkanes) is 1. The normalized spacial score (nSPS) is 26.6. The lowest BCUT2D eigenvalue weighted by Crippen LogP contribution is -2.72. The summed E-state index contributed by atoms with van der Waals surface area (Å²) < 4.78 is 19.6. The zero-order valence-electron chi connectivity index (χ0n) is 34.9. The van der Waals surface area contributed by atoms with Crippen molar-refractivity contribution in [2.45, 2.75) is 143 Å². The van der Waals surface area contributed by atoms with Gasteiger partial charge in [0.1, 0.15) is 22.8 Å². The van der Waals surface area contributed by atoms with Crippen LogP contribution in [0.25, 0.3) is 0 Å². The monoisotopic (exact) mass is 769 g/mol. The lowest BCUT2D eigenvalue weighted by atomic mass is 9.51. The molecular formula is C47H63NO8. The van der Waals surface area contributed by atoms with Crippen LogP contribution in [0.2, 0.25) is 0 Å². The highest BCUT2D eigenvalue weighted by Gasteiger charge is 2.81. The van der Waals surface area contributed by atoms with Crippen LogP contribution in [0, 0.1) is 11.8 Å². The number of ether oxygens (including phenoxy) is 3. The molecule has 0 aromatic heterocycles. The van der Waals surface area contributed by atoms with Gasteiger partial charge < -0.3 is 29.3 Å². The molecular weight excluding hydrogens is 707 g/mol. The molecule has 0 amide bonds. The average Bonchev–Trinajstić information content (AvgIpc) is 3.30. The number of Topliss-reactive ketones (excluding diaryl/α,β-unsaturated/α-hetero) is 2. The highest BCUT2D eigenvalue weighted by Crippen LogP contribution is 2.68. The third-order valence-electron chi connectivity index (χ3n) is 12.7. The van der Waals surface area contributed by atoms with Gasteiger partial charge in [0.2, 0.25) is 0 Å². The molecule has 304 valence electrons. The molecule has 1 aromatic rings. The molecule has 9 heteroatoms. The second kappa shape index (κ2) is 16.5. The minimum atomic E-state index is -1.62.